The Kier molecular flexibility index (Phi) is 3.48. The molecule has 70 valence electrons. The molecule has 1 aromatic rings. The lowest BCUT2D eigenvalue weighted by Crippen LogP contribution is -1.94. The summed E-state index contributed by atoms with van der Waals surface area (Å²) in [4.78, 5) is 4.08. The molecule has 0 unspecified atom stereocenters. The SMILES string of the molecule is CC/C=C(\C)c1cncc(Br)c1N. The van der Waals surface area contributed by atoms with Crippen molar-refractivity contribution >= 4 is 27.2 Å². The van der Waals surface area contributed by atoms with Crippen LogP contribution in [0.3, 0.4) is 0 Å². The predicted molar refractivity (Wildman–Crippen MR) is 60.3 cm³/mol. The van der Waals surface area contributed by atoms with Crippen molar-refractivity contribution in [2.75, 3.05) is 5.73 Å². The van der Waals surface area contributed by atoms with E-state index in [1.807, 2.05) is 6.92 Å². The molecule has 13 heavy (non-hydrogen) atoms. The fourth-order valence-electron chi connectivity index (χ4n) is 1.18. The van der Waals surface area contributed by atoms with E-state index < -0.39 is 0 Å². The number of allylic oxidation sites excluding steroid dienone is 2. The molecule has 0 aromatic carbocycles. The monoisotopic (exact) mass is 240 g/mol. The van der Waals surface area contributed by atoms with Gasteiger partial charge in [-0.15, -0.1) is 0 Å². The molecule has 0 aliphatic heterocycles. The van der Waals surface area contributed by atoms with Gasteiger partial charge in [0.05, 0.1) is 10.2 Å². The Morgan fingerprint density at radius 1 is 1.62 bits per heavy atom. The lowest BCUT2D eigenvalue weighted by atomic mass is 10.1. The van der Waals surface area contributed by atoms with Crippen molar-refractivity contribution in [3.8, 4) is 0 Å². The highest BCUT2D eigenvalue weighted by Gasteiger charge is 2.04. The number of rotatable bonds is 2. The third-order valence-electron chi connectivity index (χ3n) is 1.87. The van der Waals surface area contributed by atoms with Crippen molar-refractivity contribution in [1.82, 2.24) is 4.98 Å². The summed E-state index contributed by atoms with van der Waals surface area (Å²) >= 11 is 3.35. The van der Waals surface area contributed by atoms with E-state index in [4.69, 9.17) is 5.73 Å². The summed E-state index contributed by atoms with van der Waals surface area (Å²) in [7, 11) is 0. The van der Waals surface area contributed by atoms with E-state index in [0.29, 0.717) is 0 Å². The van der Waals surface area contributed by atoms with Crippen LogP contribution in [0.4, 0.5) is 5.69 Å². The first-order chi connectivity index (χ1) is 6.16. The summed E-state index contributed by atoms with van der Waals surface area (Å²) in [6, 6.07) is 0. The van der Waals surface area contributed by atoms with Crippen molar-refractivity contribution in [3.63, 3.8) is 0 Å². The zero-order chi connectivity index (χ0) is 9.84. The summed E-state index contributed by atoms with van der Waals surface area (Å²) in [6.07, 6.45) is 6.65. The number of aromatic nitrogens is 1. The van der Waals surface area contributed by atoms with Crippen LogP contribution in [0.5, 0.6) is 0 Å². The minimum atomic E-state index is 0.761. The standard InChI is InChI=1S/C10H13BrN2/c1-3-4-7(2)8-5-13-6-9(11)10(8)12/h4-6H,3H2,1-2H3,(H2,12,13)/b7-4+. The Labute approximate surface area is 87.0 Å². The molecular weight excluding hydrogens is 228 g/mol. The van der Waals surface area contributed by atoms with E-state index in [9.17, 15) is 0 Å². The van der Waals surface area contributed by atoms with Gasteiger partial charge in [-0.3, -0.25) is 4.98 Å². The minimum absolute atomic E-state index is 0.761. The molecule has 1 aromatic heterocycles. The molecule has 0 spiro atoms. The van der Waals surface area contributed by atoms with Crippen molar-refractivity contribution in [2.45, 2.75) is 20.3 Å². The lowest BCUT2D eigenvalue weighted by Gasteiger charge is -2.06. The third kappa shape index (κ3) is 2.31. The Morgan fingerprint density at radius 3 is 2.92 bits per heavy atom. The number of halogens is 1. The lowest BCUT2D eigenvalue weighted by molar-refractivity contribution is 1.21. The molecule has 2 N–H and O–H groups in total. The Balaban J connectivity index is 3.15. The molecule has 0 amide bonds. The summed E-state index contributed by atoms with van der Waals surface area (Å²) in [5.74, 6) is 0. The maximum Gasteiger partial charge on any atom is 0.0594 e. The van der Waals surface area contributed by atoms with Gasteiger partial charge >= 0.3 is 0 Å². The first-order valence-electron chi connectivity index (χ1n) is 4.23. The molecule has 0 aliphatic rings. The zero-order valence-electron chi connectivity index (χ0n) is 7.84. The second-order valence-electron chi connectivity index (χ2n) is 2.88. The summed E-state index contributed by atoms with van der Waals surface area (Å²) < 4.78 is 0.855. The van der Waals surface area contributed by atoms with Gasteiger partial charge < -0.3 is 5.73 Å². The molecular formula is C10H13BrN2. The van der Waals surface area contributed by atoms with Crippen LogP contribution >= 0.6 is 15.9 Å². The maximum absolute atomic E-state index is 5.89. The highest BCUT2D eigenvalue weighted by atomic mass is 79.9. The van der Waals surface area contributed by atoms with Gasteiger partial charge in [-0.1, -0.05) is 13.0 Å². The van der Waals surface area contributed by atoms with Gasteiger partial charge in [0.15, 0.2) is 0 Å². The van der Waals surface area contributed by atoms with E-state index in [-0.39, 0.29) is 0 Å². The van der Waals surface area contributed by atoms with Crippen LogP contribution in [0.15, 0.2) is 22.9 Å². The topological polar surface area (TPSA) is 38.9 Å². The van der Waals surface area contributed by atoms with Crippen LogP contribution in [0.1, 0.15) is 25.8 Å². The van der Waals surface area contributed by atoms with E-state index in [1.54, 1.807) is 12.4 Å². The van der Waals surface area contributed by atoms with E-state index in [0.717, 1.165) is 22.1 Å². The minimum Gasteiger partial charge on any atom is -0.397 e. The van der Waals surface area contributed by atoms with Gasteiger partial charge in [-0.05, 0) is 34.8 Å². The molecule has 0 fully saturated rings. The van der Waals surface area contributed by atoms with Crippen LogP contribution in [-0.2, 0) is 0 Å². The number of nitrogens with zero attached hydrogens (tertiary/aromatic N) is 1. The second-order valence-corrected chi connectivity index (χ2v) is 3.73. The molecule has 0 atom stereocenters. The number of anilines is 1. The molecule has 3 heteroatoms. The number of pyridine rings is 1. The molecule has 1 heterocycles. The number of hydrogen-bond acceptors (Lipinski definition) is 2. The molecule has 0 bridgehead atoms. The number of nitrogens with two attached hydrogens (primary N) is 1. The van der Waals surface area contributed by atoms with Crippen LogP contribution in [-0.4, -0.2) is 4.98 Å². The van der Waals surface area contributed by atoms with E-state index in [1.165, 1.54) is 5.57 Å². The largest absolute Gasteiger partial charge is 0.397 e. The van der Waals surface area contributed by atoms with Crippen molar-refractivity contribution in [3.05, 3.63) is 28.5 Å². The van der Waals surface area contributed by atoms with Gasteiger partial charge in [0, 0.05) is 18.0 Å². The third-order valence-corrected chi connectivity index (χ3v) is 2.51. The maximum atomic E-state index is 5.89. The van der Waals surface area contributed by atoms with Crippen molar-refractivity contribution in [1.29, 1.82) is 0 Å². The number of nitrogen functional groups attached to an aromatic ring is 1. The van der Waals surface area contributed by atoms with Crippen LogP contribution in [0.25, 0.3) is 5.57 Å². The second kappa shape index (κ2) is 4.42. The van der Waals surface area contributed by atoms with Gasteiger partial charge in [-0.2, -0.15) is 0 Å². The number of hydrogen-bond donors (Lipinski definition) is 1. The zero-order valence-corrected chi connectivity index (χ0v) is 9.43. The van der Waals surface area contributed by atoms with Crippen molar-refractivity contribution in [2.24, 2.45) is 0 Å². The summed E-state index contributed by atoms with van der Waals surface area (Å²) in [5, 5.41) is 0. The highest BCUT2D eigenvalue weighted by Crippen LogP contribution is 2.27. The molecule has 2 nitrogen and oxygen atoms in total. The molecule has 0 aliphatic carbocycles. The predicted octanol–water partition coefficient (Wildman–Crippen LogP) is 3.24. The summed E-state index contributed by atoms with van der Waals surface area (Å²) in [6.45, 7) is 4.15. The van der Waals surface area contributed by atoms with Crippen LogP contribution in [0.2, 0.25) is 0 Å². The Morgan fingerprint density at radius 2 is 2.31 bits per heavy atom. The van der Waals surface area contributed by atoms with Gasteiger partial charge in [0.2, 0.25) is 0 Å². The molecule has 0 saturated heterocycles. The van der Waals surface area contributed by atoms with Crippen LogP contribution in [0, 0.1) is 0 Å². The van der Waals surface area contributed by atoms with Gasteiger partial charge in [0.1, 0.15) is 0 Å². The highest BCUT2D eigenvalue weighted by molar-refractivity contribution is 9.10. The van der Waals surface area contributed by atoms with Gasteiger partial charge in [-0.25, -0.2) is 0 Å². The van der Waals surface area contributed by atoms with E-state index in [2.05, 4.69) is 33.9 Å². The van der Waals surface area contributed by atoms with Gasteiger partial charge in [0.25, 0.3) is 0 Å². The summed E-state index contributed by atoms with van der Waals surface area (Å²) in [5.41, 5.74) is 8.83. The van der Waals surface area contributed by atoms with Crippen LogP contribution < -0.4 is 5.73 Å². The quantitative estimate of drug-likeness (QED) is 0.863. The van der Waals surface area contributed by atoms with Crippen molar-refractivity contribution < 1.29 is 0 Å². The molecule has 1 rings (SSSR count). The molecule has 0 radical (unpaired) electrons. The fourth-order valence-corrected chi connectivity index (χ4v) is 1.51. The average Bonchev–Trinajstić information content (AvgIpc) is 2.10. The fraction of sp³-hybridized carbons (Fsp3) is 0.300. The Hall–Kier alpha value is -0.830. The smallest absolute Gasteiger partial charge is 0.0594 e. The van der Waals surface area contributed by atoms with E-state index >= 15 is 0 Å². The first kappa shape index (κ1) is 10.3. The normalized spacial score (nSPS) is 11.8. The molecule has 0 saturated carbocycles. The Bertz CT molecular complexity index is 332. The average molecular weight is 241 g/mol. The first-order valence-corrected chi connectivity index (χ1v) is 5.02.